The molecule has 2 aromatic rings. The van der Waals surface area contributed by atoms with Gasteiger partial charge in [0.05, 0.1) is 4.92 Å². The van der Waals surface area contributed by atoms with Crippen LogP contribution in [0.25, 0.3) is 11.3 Å². The highest BCUT2D eigenvalue weighted by atomic mass is 16.6. The molecule has 3 rings (SSSR count). The summed E-state index contributed by atoms with van der Waals surface area (Å²) in [6.07, 6.45) is 1.52. The quantitative estimate of drug-likeness (QED) is 0.623. The number of benzene rings is 1. The van der Waals surface area contributed by atoms with Crippen LogP contribution < -0.4 is 4.90 Å². The minimum atomic E-state index is -0.402. The molecular formula is C19H22N4O3. The summed E-state index contributed by atoms with van der Waals surface area (Å²) in [7, 11) is 3.55. The van der Waals surface area contributed by atoms with E-state index < -0.39 is 4.92 Å². The first kappa shape index (κ1) is 17.8. The van der Waals surface area contributed by atoms with Crippen LogP contribution in [0.2, 0.25) is 0 Å². The standard InChI is InChI=1S/C19H22N4O3/c1-21(2)19(24)15-10-12-22(13-11-15)17-9-8-16(23(25)26)18(20-17)14-6-4-3-5-7-14/h3-9,15H,10-13H2,1-2H3. The fourth-order valence-corrected chi connectivity index (χ4v) is 3.29. The van der Waals surface area contributed by atoms with E-state index in [0.717, 1.165) is 18.4 Å². The lowest BCUT2D eigenvalue weighted by atomic mass is 9.95. The fourth-order valence-electron chi connectivity index (χ4n) is 3.29. The van der Waals surface area contributed by atoms with Crippen LogP contribution in [-0.4, -0.2) is 47.9 Å². The van der Waals surface area contributed by atoms with E-state index in [1.807, 2.05) is 30.3 Å². The summed E-state index contributed by atoms with van der Waals surface area (Å²) in [4.78, 5) is 31.4. The Kier molecular flexibility index (Phi) is 5.16. The maximum Gasteiger partial charge on any atom is 0.295 e. The van der Waals surface area contributed by atoms with Gasteiger partial charge < -0.3 is 9.80 Å². The number of nitro groups is 1. The first-order valence-electron chi connectivity index (χ1n) is 8.64. The second-order valence-corrected chi connectivity index (χ2v) is 6.65. The van der Waals surface area contributed by atoms with Gasteiger partial charge in [0.15, 0.2) is 5.69 Å². The summed E-state index contributed by atoms with van der Waals surface area (Å²) < 4.78 is 0. The van der Waals surface area contributed by atoms with E-state index in [-0.39, 0.29) is 17.5 Å². The van der Waals surface area contributed by atoms with Crippen molar-refractivity contribution >= 4 is 17.4 Å². The van der Waals surface area contributed by atoms with Gasteiger partial charge >= 0.3 is 0 Å². The van der Waals surface area contributed by atoms with Gasteiger partial charge in [0.1, 0.15) is 5.82 Å². The van der Waals surface area contributed by atoms with Gasteiger partial charge in [-0.3, -0.25) is 14.9 Å². The molecule has 7 heteroatoms. The third-order valence-electron chi connectivity index (χ3n) is 4.71. The Morgan fingerprint density at radius 1 is 1.15 bits per heavy atom. The monoisotopic (exact) mass is 354 g/mol. The summed E-state index contributed by atoms with van der Waals surface area (Å²) in [5, 5.41) is 11.4. The van der Waals surface area contributed by atoms with Crippen molar-refractivity contribution in [2.24, 2.45) is 5.92 Å². The van der Waals surface area contributed by atoms with Crippen LogP contribution in [0.5, 0.6) is 0 Å². The van der Waals surface area contributed by atoms with Crippen LogP contribution in [0, 0.1) is 16.0 Å². The summed E-state index contributed by atoms with van der Waals surface area (Å²) in [5.41, 5.74) is 1.09. The molecule has 1 aliphatic heterocycles. The molecule has 1 aliphatic rings. The summed E-state index contributed by atoms with van der Waals surface area (Å²) >= 11 is 0. The highest BCUT2D eigenvalue weighted by Gasteiger charge is 2.27. The van der Waals surface area contributed by atoms with Gasteiger partial charge in [-0.15, -0.1) is 0 Å². The number of hydrogen-bond donors (Lipinski definition) is 0. The molecule has 2 heterocycles. The number of aromatic nitrogens is 1. The lowest BCUT2D eigenvalue weighted by Gasteiger charge is -2.33. The second-order valence-electron chi connectivity index (χ2n) is 6.65. The zero-order chi connectivity index (χ0) is 18.7. The van der Waals surface area contributed by atoms with E-state index in [9.17, 15) is 14.9 Å². The van der Waals surface area contributed by atoms with Gasteiger partial charge in [-0.25, -0.2) is 4.98 Å². The number of carbonyl (C=O) groups excluding carboxylic acids is 1. The van der Waals surface area contributed by atoms with Crippen molar-refractivity contribution in [3.63, 3.8) is 0 Å². The number of anilines is 1. The van der Waals surface area contributed by atoms with Crippen molar-refractivity contribution in [2.45, 2.75) is 12.8 Å². The zero-order valence-corrected chi connectivity index (χ0v) is 15.0. The maximum absolute atomic E-state index is 12.1. The molecule has 0 aliphatic carbocycles. The van der Waals surface area contributed by atoms with Crippen LogP contribution in [-0.2, 0) is 4.79 Å². The van der Waals surface area contributed by atoms with Crippen LogP contribution in [0.15, 0.2) is 42.5 Å². The highest BCUT2D eigenvalue weighted by Crippen LogP contribution is 2.31. The van der Waals surface area contributed by atoms with Crippen molar-refractivity contribution in [1.82, 2.24) is 9.88 Å². The Morgan fingerprint density at radius 3 is 2.38 bits per heavy atom. The topological polar surface area (TPSA) is 79.6 Å². The molecule has 0 bridgehead atoms. The number of nitrogens with zero attached hydrogens (tertiary/aromatic N) is 4. The number of pyridine rings is 1. The molecule has 136 valence electrons. The summed E-state index contributed by atoms with van der Waals surface area (Å²) in [6, 6.07) is 12.4. The summed E-state index contributed by atoms with van der Waals surface area (Å²) in [5.74, 6) is 0.907. The number of hydrogen-bond acceptors (Lipinski definition) is 5. The first-order chi connectivity index (χ1) is 12.5. The van der Waals surface area contributed by atoms with E-state index in [0.29, 0.717) is 24.6 Å². The maximum atomic E-state index is 12.1. The number of rotatable bonds is 4. The molecule has 1 aromatic carbocycles. The van der Waals surface area contributed by atoms with Crippen LogP contribution in [0.3, 0.4) is 0 Å². The lowest BCUT2D eigenvalue weighted by Crippen LogP contribution is -2.40. The van der Waals surface area contributed by atoms with E-state index in [1.165, 1.54) is 6.07 Å². The number of carbonyl (C=O) groups is 1. The van der Waals surface area contributed by atoms with Gasteiger partial charge in [0.2, 0.25) is 5.91 Å². The molecule has 0 N–H and O–H groups in total. The van der Waals surface area contributed by atoms with Crippen LogP contribution in [0.4, 0.5) is 11.5 Å². The summed E-state index contributed by atoms with van der Waals surface area (Å²) in [6.45, 7) is 1.42. The largest absolute Gasteiger partial charge is 0.357 e. The van der Waals surface area contributed by atoms with Crippen molar-refractivity contribution in [3.8, 4) is 11.3 Å². The van der Waals surface area contributed by atoms with Crippen LogP contribution in [0.1, 0.15) is 12.8 Å². The molecule has 0 radical (unpaired) electrons. The molecule has 1 saturated heterocycles. The smallest absolute Gasteiger partial charge is 0.295 e. The molecule has 1 fully saturated rings. The lowest BCUT2D eigenvalue weighted by molar-refractivity contribution is -0.384. The zero-order valence-electron chi connectivity index (χ0n) is 15.0. The van der Waals surface area contributed by atoms with E-state index in [4.69, 9.17) is 0 Å². The molecular weight excluding hydrogens is 332 g/mol. The van der Waals surface area contributed by atoms with Crippen molar-refractivity contribution in [1.29, 1.82) is 0 Å². The van der Waals surface area contributed by atoms with E-state index in [1.54, 1.807) is 25.1 Å². The van der Waals surface area contributed by atoms with Crippen LogP contribution >= 0.6 is 0 Å². The molecule has 0 saturated carbocycles. The van der Waals surface area contributed by atoms with Crippen molar-refractivity contribution in [2.75, 3.05) is 32.1 Å². The van der Waals surface area contributed by atoms with E-state index >= 15 is 0 Å². The van der Waals surface area contributed by atoms with Crippen molar-refractivity contribution < 1.29 is 9.72 Å². The Hall–Kier alpha value is -2.96. The highest BCUT2D eigenvalue weighted by molar-refractivity contribution is 5.78. The average molecular weight is 354 g/mol. The normalized spacial score (nSPS) is 14.9. The van der Waals surface area contributed by atoms with Gasteiger partial charge in [-0.1, -0.05) is 30.3 Å². The second kappa shape index (κ2) is 7.51. The third kappa shape index (κ3) is 3.66. The minimum Gasteiger partial charge on any atom is -0.357 e. The first-order valence-corrected chi connectivity index (χ1v) is 8.64. The molecule has 0 atom stereocenters. The Labute approximate surface area is 152 Å². The average Bonchev–Trinajstić information content (AvgIpc) is 2.67. The third-order valence-corrected chi connectivity index (χ3v) is 4.71. The molecule has 1 aromatic heterocycles. The van der Waals surface area contributed by atoms with E-state index in [2.05, 4.69) is 9.88 Å². The predicted molar refractivity (Wildman–Crippen MR) is 100.0 cm³/mol. The Balaban J connectivity index is 1.84. The van der Waals surface area contributed by atoms with Gasteiger partial charge in [-0.05, 0) is 18.9 Å². The predicted octanol–water partition coefficient (Wildman–Crippen LogP) is 2.96. The van der Waals surface area contributed by atoms with Gasteiger partial charge in [-0.2, -0.15) is 0 Å². The Morgan fingerprint density at radius 2 is 1.81 bits per heavy atom. The van der Waals surface area contributed by atoms with Gasteiger partial charge in [0, 0.05) is 44.7 Å². The molecule has 7 nitrogen and oxygen atoms in total. The SMILES string of the molecule is CN(C)C(=O)C1CCN(c2ccc([N+](=O)[O-])c(-c3ccccc3)n2)CC1. The minimum absolute atomic E-state index is 0.00220. The molecule has 26 heavy (non-hydrogen) atoms. The fraction of sp³-hybridized carbons (Fsp3) is 0.368. The number of amides is 1. The van der Waals surface area contributed by atoms with Crippen molar-refractivity contribution in [3.05, 3.63) is 52.6 Å². The Bertz CT molecular complexity index is 800. The number of piperidine rings is 1. The molecule has 1 amide bonds. The van der Waals surface area contributed by atoms with Gasteiger partial charge in [0.25, 0.3) is 5.69 Å². The molecule has 0 unspecified atom stereocenters. The molecule has 0 spiro atoms.